The van der Waals surface area contributed by atoms with E-state index >= 15 is 0 Å². The highest BCUT2D eigenvalue weighted by Gasteiger charge is 2.23. The Kier molecular flexibility index (Phi) is 6.09. The van der Waals surface area contributed by atoms with E-state index in [1.165, 1.54) is 0 Å². The normalized spacial score (nSPS) is 18.5. The highest BCUT2D eigenvalue weighted by molar-refractivity contribution is 6.11. The average Bonchev–Trinajstić information content (AvgIpc) is 2.79. The van der Waals surface area contributed by atoms with Gasteiger partial charge in [0.15, 0.2) is 5.78 Å². The van der Waals surface area contributed by atoms with Crippen molar-refractivity contribution in [3.63, 3.8) is 0 Å². The van der Waals surface area contributed by atoms with E-state index in [1.54, 1.807) is 42.6 Å². The average molecular weight is 415 g/mol. The van der Waals surface area contributed by atoms with Gasteiger partial charge in [0.05, 0.1) is 24.1 Å². The van der Waals surface area contributed by atoms with Gasteiger partial charge in [-0.05, 0) is 38.1 Å². The van der Waals surface area contributed by atoms with Crippen LogP contribution in [-0.4, -0.2) is 42.0 Å². The molecule has 31 heavy (non-hydrogen) atoms. The summed E-state index contributed by atoms with van der Waals surface area (Å²) < 4.78 is 5.77. The molecule has 1 aromatic heterocycles. The fourth-order valence-electron chi connectivity index (χ4n) is 3.77. The van der Waals surface area contributed by atoms with E-state index < -0.39 is 0 Å². The van der Waals surface area contributed by atoms with Crippen LogP contribution >= 0.6 is 0 Å². The van der Waals surface area contributed by atoms with Crippen molar-refractivity contribution in [2.75, 3.05) is 23.3 Å². The Labute approximate surface area is 181 Å². The molecule has 6 nitrogen and oxygen atoms in total. The highest BCUT2D eigenvalue weighted by atomic mass is 16.5. The zero-order valence-corrected chi connectivity index (χ0v) is 17.6. The lowest BCUT2D eigenvalue weighted by Gasteiger charge is -2.36. The molecule has 158 valence electrons. The first-order valence-electron chi connectivity index (χ1n) is 10.4. The molecule has 0 saturated carbocycles. The van der Waals surface area contributed by atoms with Gasteiger partial charge in [-0.25, -0.2) is 4.98 Å². The first kappa shape index (κ1) is 20.8. The zero-order valence-electron chi connectivity index (χ0n) is 17.6. The Morgan fingerprint density at radius 2 is 1.58 bits per heavy atom. The lowest BCUT2D eigenvalue weighted by molar-refractivity contribution is -0.00545. The third-order valence-electron chi connectivity index (χ3n) is 5.17. The summed E-state index contributed by atoms with van der Waals surface area (Å²) in [4.78, 5) is 32.1. The number of pyridine rings is 1. The number of hydrogen-bond donors (Lipinski definition) is 1. The van der Waals surface area contributed by atoms with Gasteiger partial charge in [-0.1, -0.05) is 42.5 Å². The quantitative estimate of drug-likeness (QED) is 0.633. The fraction of sp³-hybridized carbons (Fsp3) is 0.240. The first-order chi connectivity index (χ1) is 15.0. The van der Waals surface area contributed by atoms with Gasteiger partial charge in [0, 0.05) is 29.8 Å². The maximum Gasteiger partial charge on any atom is 0.255 e. The number of carbonyl (C=O) groups excluding carboxylic acids is 2. The second kappa shape index (κ2) is 9.10. The molecule has 2 heterocycles. The molecule has 0 radical (unpaired) electrons. The Bertz CT molecular complexity index is 1060. The van der Waals surface area contributed by atoms with Gasteiger partial charge in [-0.15, -0.1) is 0 Å². The summed E-state index contributed by atoms with van der Waals surface area (Å²) >= 11 is 0. The molecule has 0 spiro atoms. The molecule has 1 amide bonds. The monoisotopic (exact) mass is 415 g/mol. The second-order valence-corrected chi connectivity index (χ2v) is 7.80. The third-order valence-corrected chi connectivity index (χ3v) is 5.17. The number of nitrogens with zero attached hydrogens (tertiary/aromatic N) is 2. The largest absolute Gasteiger partial charge is 0.372 e. The Morgan fingerprint density at radius 1 is 0.903 bits per heavy atom. The number of amides is 1. The van der Waals surface area contributed by atoms with E-state index in [0.29, 0.717) is 22.4 Å². The van der Waals surface area contributed by atoms with E-state index in [-0.39, 0.29) is 23.9 Å². The molecule has 6 heteroatoms. The number of carbonyl (C=O) groups is 2. The molecular weight excluding hydrogens is 390 g/mol. The summed E-state index contributed by atoms with van der Waals surface area (Å²) in [6.45, 7) is 5.67. The van der Waals surface area contributed by atoms with Crippen molar-refractivity contribution >= 4 is 23.2 Å². The Morgan fingerprint density at radius 3 is 2.26 bits per heavy atom. The molecule has 2 atom stereocenters. The van der Waals surface area contributed by atoms with Crippen LogP contribution in [-0.2, 0) is 4.74 Å². The van der Waals surface area contributed by atoms with Crippen molar-refractivity contribution in [2.45, 2.75) is 26.1 Å². The molecule has 3 aromatic rings. The molecule has 1 aliphatic heterocycles. The molecular formula is C25H25N3O3. The zero-order chi connectivity index (χ0) is 21.8. The number of rotatable bonds is 5. The van der Waals surface area contributed by atoms with Crippen molar-refractivity contribution < 1.29 is 14.3 Å². The third kappa shape index (κ3) is 4.98. The topological polar surface area (TPSA) is 71.5 Å². The van der Waals surface area contributed by atoms with E-state index in [1.807, 2.05) is 44.2 Å². The molecule has 1 fully saturated rings. The van der Waals surface area contributed by atoms with E-state index in [9.17, 15) is 9.59 Å². The molecule has 2 aromatic carbocycles. The standard InChI is InChI=1S/C25H25N3O3/c1-17-15-28(16-18(2)31-17)23-12-11-22(14-26-23)27-25(30)21-10-6-9-20(13-21)24(29)19-7-4-3-5-8-19/h3-14,17-18H,15-16H2,1-2H3,(H,27,30). The van der Waals surface area contributed by atoms with Crippen LogP contribution in [0.2, 0.25) is 0 Å². The summed E-state index contributed by atoms with van der Waals surface area (Å²) in [6, 6.07) is 19.5. The first-order valence-corrected chi connectivity index (χ1v) is 10.4. The van der Waals surface area contributed by atoms with Gasteiger partial charge < -0.3 is 15.0 Å². The molecule has 1 N–H and O–H groups in total. The van der Waals surface area contributed by atoms with Crippen LogP contribution in [0.1, 0.15) is 40.1 Å². The molecule has 0 bridgehead atoms. The predicted octanol–water partition coefficient (Wildman–Crippen LogP) is 4.18. The van der Waals surface area contributed by atoms with Crippen molar-refractivity contribution in [1.82, 2.24) is 4.98 Å². The number of aromatic nitrogens is 1. The van der Waals surface area contributed by atoms with Gasteiger partial charge in [-0.2, -0.15) is 0 Å². The summed E-state index contributed by atoms with van der Waals surface area (Å²) in [5.74, 6) is 0.455. The molecule has 1 saturated heterocycles. The minimum Gasteiger partial charge on any atom is -0.372 e. The Balaban J connectivity index is 1.44. The van der Waals surface area contributed by atoms with Crippen molar-refractivity contribution in [3.05, 3.63) is 89.6 Å². The van der Waals surface area contributed by atoms with Crippen LogP contribution in [0.3, 0.4) is 0 Å². The number of morpholine rings is 1. The summed E-state index contributed by atoms with van der Waals surface area (Å²) in [7, 11) is 0. The SMILES string of the molecule is CC1CN(c2ccc(NC(=O)c3cccc(C(=O)c4ccccc4)c3)cn2)CC(C)O1. The predicted molar refractivity (Wildman–Crippen MR) is 121 cm³/mol. The van der Waals surface area contributed by atoms with E-state index in [0.717, 1.165) is 18.9 Å². The number of ketones is 1. The fourth-order valence-corrected chi connectivity index (χ4v) is 3.77. The van der Waals surface area contributed by atoms with Gasteiger partial charge >= 0.3 is 0 Å². The van der Waals surface area contributed by atoms with Gasteiger partial charge in [0.1, 0.15) is 5.82 Å². The van der Waals surface area contributed by atoms with Gasteiger partial charge in [0.2, 0.25) is 0 Å². The lowest BCUT2D eigenvalue weighted by atomic mass is 10.0. The van der Waals surface area contributed by atoms with Crippen molar-refractivity contribution in [1.29, 1.82) is 0 Å². The second-order valence-electron chi connectivity index (χ2n) is 7.80. The number of ether oxygens (including phenoxy) is 1. The number of anilines is 2. The molecule has 0 aliphatic carbocycles. The van der Waals surface area contributed by atoms with Gasteiger partial charge in [0.25, 0.3) is 5.91 Å². The number of benzene rings is 2. The smallest absolute Gasteiger partial charge is 0.255 e. The summed E-state index contributed by atoms with van der Waals surface area (Å²) in [5, 5.41) is 2.86. The molecule has 2 unspecified atom stereocenters. The van der Waals surface area contributed by atoms with Crippen molar-refractivity contribution in [2.24, 2.45) is 0 Å². The minimum atomic E-state index is -0.286. The number of nitrogens with one attached hydrogen (secondary N) is 1. The van der Waals surface area contributed by atoms with Crippen LogP contribution in [0.4, 0.5) is 11.5 Å². The van der Waals surface area contributed by atoms with E-state index in [2.05, 4.69) is 15.2 Å². The van der Waals surface area contributed by atoms with Crippen LogP contribution in [0.25, 0.3) is 0 Å². The van der Waals surface area contributed by atoms with Gasteiger partial charge in [-0.3, -0.25) is 9.59 Å². The van der Waals surface area contributed by atoms with Crippen LogP contribution in [0, 0.1) is 0 Å². The van der Waals surface area contributed by atoms with Crippen LogP contribution in [0.5, 0.6) is 0 Å². The maximum absolute atomic E-state index is 12.7. The van der Waals surface area contributed by atoms with Crippen LogP contribution < -0.4 is 10.2 Å². The lowest BCUT2D eigenvalue weighted by Crippen LogP contribution is -2.45. The van der Waals surface area contributed by atoms with Crippen LogP contribution in [0.15, 0.2) is 72.9 Å². The van der Waals surface area contributed by atoms with Crippen molar-refractivity contribution in [3.8, 4) is 0 Å². The summed E-state index contributed by atoms with van der Waals surface area (Å²) in [6.07, 6.45) is 1.95. The van der Waals surface area contributed by atoms with E-state index in [4.69, 9.17) is 4.74 Å². The highest BCUT2D eigenvalue weighted by Crippen LogP contribution is 2.20. The number of hydrogen-bond acceptors (Lipinski definition) is 5. The minimum absolute atomic E-state index is 0.116. The molecule has 1 aliphatic rings. The summed E-state index contributed by atoms with van der Waals surface area (Å²) in [5.41, 5.74) is 2.08. The molecule has 4 rings (SSSR count). The Hall–Kier alpha value is -3.51. The maximum atomic E-state index is 12.7.